The Morgan fingerprint density at radius 1 is 1.25 bits per heavy atom. The lowest BCUT2D eigenvalue weighted by Crippen LogP contribution is -2.25. The van der Waals surface area contributed by atoms with Crippen molar-refractivity contribution in [3.63, 3.8) is 0 Å². The zero-order chi connectivity index (χ0) is 15.0. The van der Waals surface area contributed by atoms with Gasteiger partial charge in [-0.3, -0.25) is 4.79 Å². The van der Waals surface area contributed by atoms with Gasteiger partial charge in [-0.1, -0.05) is 12.1 Å². The highest BCUT2D eigenvalue weighted by atomic mass is 32.2. The smallest absolute Gasteiger partial charge is 0.309 e. The summed E-state index contributed by atoms with van der Waals surface area (Å²) in [5.74, 6) is -0.372. The van der Waals surface area contributed by atoms with E-state index in [1.807, 2.05) is 0 Å². The van der Waals surface area contributed by atoms with Crippen molar-refractivity contribution in [1.29, 1.82) is 0 Å². The molecule has 0 heterocycles. The second-order valence-corrected chi connectivity index (χ2v) is 5.99. The summed E-state index contributed by atoms with van der Waals surface area (Å²) in [6.45, 7) is 0.330. The van der Waals surface area contributed by atoms with Gasteiger partial charge in [-0.15, -0.1) is 0 Å². The molecule has 0 unspecified atom stereocenters. The van der Waals surface area contributed by atoms with E-state index in [9.17, 15) is 13.2 Å². The summed E-state index contributed by atoms with van der Waals surface area (Å²) >= 11 is 0. The standard InChI is InChI=1S/C13H19NO5S/c1-19-13(16)10-11-4-6-12(7-5-11)20(17,18)14-8-2-3-9-15/h4-7,14-15H,2-3,8-10H2,1H3. The van der Waals surface area contributed by atoms with Crippen LogP contribution in [0.5, 0.6) is 0 Å². The molecule has 0 radical (unpaired) electrons. The second-order valence-electron chi connectivity index (χ2n) is 4.23. The number of carbonyl (C=O) groups excluding carboxylic acids is 1. The molecule has 0 aliphatic rings. The van der Waals surface area contributed by atoms with Gasteiger partial charge in [-0.05, 0) is 30.5 Å². The molecule has 0 saturated carbocycles. The largest absolute Gasteiger partial charge is 0.469 e. The molecule has 1 aromatic carbocycles. The highest BCUT2D eigenvalue weighted by molar-refractivity contribution is 7.89. The number of benzene rings is 1. The number of aliphatic hydroxyl groups is 1. The van der Waals surface area contributed by atoms with E-state index < -0.39 is 10.0 Å². The molecule has 0 fully saturated rings. The molecule has 0 amide bonds. The van der Waals surface area contributed by atoms with E-state index in [1.54, 1.807) is 12.1 Å². The third-order valence-corrected chi connectivity index (χ3v) is 4.16. The Hall–Kier alpha value is -1.44. The zero-order valence-corrected chi connectivity index (χ0v) is 12.1. The third-order valence-electron chi connectivity index (χ3n) is 2.69. The lowest BCUT2D eigenvalue weighted by atomic mass is 10.2. The van der Waals surface area contributed by atoms with E-state index in [2.05, 4.69) is 9.46 Å². The molecular formula is C13H19NO5S. The average molecular weight is 301 g/mol. The van der Waals surface area contributed by atoms with E-state index in [0.717, 1.165) is 0 Å². The van der Waals surface area contributed by atoms with Crippen LogP contribution < -0.4 is 4.72 Å². The first kappa shape index (κ1) is 16.6. The summed E-state index contributed by atoms with van der Waals surface area (Å²) in [4.78, 5) is 11.2. The van der Waals surface area contributed by atoms with Gasteiger partial charge in [0.05, 0.1) is 18.4 Å². The number of sulfonamides is 1. The van der Waals surface area contributed by atoms with Crippen molar-refractivity contribution in [3.05, 3.63) is 29.8 Å². The number of rotatable bonds is 8. The zero-order valence-electron chi connectivity index (χ0n) is 11.3. The minimum absolute atomic E-state index is 0.0456. The summed E-state index contributed by atoms with van der Waals surface area (Å²) in [6, 6.07) is 6.07. The number of unbranched alkanes of at least 4 members (excludes halogenated alkanes) is 1. The summed E-state index contributed by atoms with van der Waals surface area (Å²) in [6.07, 6.45) is 1.25. The van der Waals surface area contributed by atoms with E-state index in [1.165, 1.54) is 19.2 Å². The first-order valence-electron chi connectivity index (χ1n) is 6.26. The topological polar surface area (TPSA) is 92.7 Å². The van der Waals surface area contributed by atoms with Crippen molar-refractivity contribution in [3.8, 4) is 0 Å². The van der Waals surface area contributed by atoms with E-state index >= 15 is 0 Å². The first-order valence-corrected chi connectivity index (χ1v) is 7.74. The Morgan fingerprint density at radius 3 is 2.45 bits per heavy atom. The van der Waals surface area contributed by atoms with Crippen LogP contribution in [0.2, 0.25) is 0 Å². The van der Waals surface area contributed by atoms with Crippen LogP contribution in [-0.2, 0) is 26.0 Å². The molecule has 0 spiro atoms. The molecule has 112 valence electrons. The highest BCUT2D eigenvalue weighted by Crippen LogP contribution is 2.11. The number of carbonyl (C=O) groups is 1. The fourth-order valence-corrected chi connectivity index (χ4v) is 2.63. The fraction of sp³-hybridized carbons (Fsp3) is 0.462. The summed E-state index contributed by atoms with van der Waals surface area (Å²) < 4.78 is 30.8. The van der Waals surface area contributed by atoms with Gasteiger partial charge in [0.1, 0.15) is 0 Å². The lowest BCUT2D eigenvalue weighted by Gasteiger charge is -2.07. The van der Waals surface area contributed by atoms with Crippen molar-refractivity contribution < 1.29 is 23.1 Å². The maximum atomic E-state index is 11.9. The van der Waals surface area contributed by atoms with Crippen molar-refractivity contribution in [2.45, 2.75) is 24.2 Å². The highest BCUT2D eigenvalue weighted by Gasteiger charge is 2.13. The van der Waals surface area contributed by atoms with Crippen LogP contribution >= 0.6 is 0 Å². The maximum Gasteiger partial charge on any atom is 0.309 e. The predicted octanol–water partition coefficient (Wildman–Crippen LogP) is 0.453. The summed E-state index contributed by atoms with van der Waals surface area (Å²) in [5.41, 5.74) is 0.691. The van der Waals surface area contributed by atoms with Crippen LogP contribution in [0.3, 0.4) is 0 Å². The van der Waals surface area contributed by atoms with Gasteiger partial charge < -0.3 is 9.84 Å². The van der Waals surface area contributed by atoms with Crippen LogP contribution in [-0.4, -0.2) is 39.8 Å². The van der Waals surface area contributed by atoms with E-state index in [-0.39, 0.29) is 30.4 Å². The molecule has 7 heteroatoms. The molecule has 20 heavy (non-hydrogen) atoms. The van der Waals surface area contributed by atoms with Crippen molar-refractivity contribution in [2.75, 3.05) is 20.3 Å². The number of nitrogens with one attached hydrogen (secondary N) is 1. The average Bonchev–Trinajstić information content (AvgIpc) is 2.44. The van der Waals surface area contributed by atoms with Crippen molar-refractivity contribution >= 4 is 16.0 Å². The molecule has 0 aliphatic heterocycles. The number of aliphatic hydroxyl groups excluding tert-OH is 1. The molecule has 1 rings (SSSR count). The lowest BCUT2D eigenvalue weighted by molar-refractivity contribution is -0.139. The second kappa shape index (κ2) is 7.98. The number of methoxy groups -OCH3 is 1. The molecule has 0 saturated heterocycles. The summed E-state index contributed by atoms with van der Waals surface area (Å²) in [5, 5.41) is 8.62. The SMILES string of the molecule is COC(=O)Cc1ccc(S(=O)(=O)NCCCCO)cc1. The molecular weight excluding hydrogens is 282 g/mol. The van der Waals surface area contributed by atoms with Gasteiger partial charge in [0.25, 0.3) is 0 Å². The minimum atomic E-state index is -3.54. The third kappa shape index (κ3) is 5.28. The molecule has 0 bridgehead atoms. The van der Waals surface area contributed by atoms with Gasteiger partial charge in [-0.2, -0.15) is 0 Å². The molecule has 0 atom stereocenters. The molecule has 2 N–H and O–H groups in total. The number of esters is 1. The molecule has 6 nitrogen and oxygen atoms in total. The Labute approximate surface area is 118 Å². The predicted molar refractivity (Wildman–Crippen MR) is 73.7 cm³/mol. The van der Waals surface area contributed by atoms with Gasteiger partial charge in [0.15, 0.2) is 0 Å². The van der Waals surface area contributed by atoms with E-state index in [0.29, 0.717) is 18.4 Å². The fourth-order valence-electron chi connectivity index (χ4n) is 1.55. The van der Waals surface area contributed by atoms with Gasteiger partial charge in [-0.25, -0.2) is 13.1 Å². The van der Waals surface area contributed by atoms with Gasteiger partial charge in [0.2, 0.25) is 10.0 Å². The van der Waals surface area contributed by atoms with Gasteiger partial charge in [0, 0.05) is 13.2 Å². The number of ether oxygens (including phenoxy) is 1. The van der Waals surface area contributed by atoms with Crippen LogP contribution in [0.4, 0.5) is 0 Å². The maximum absolute atomic E-state index is 11.9. The number of hydrogen-bond donors (Lipinski definition) is 2. The van der Waals surface area contributed by atoms with Crippen LogP contribution in [0.15, 0.2) is 29.2 Å². The monoisotopic (exact) mass is 301 g/mol. The quantitative estimate of drug-likeness (QED) is 0.537. The van der Waals surface area contributed by atoms with Crippen LogP contribution in [0.1, 0.15) is 18.4 Å². The van der Waals surface area contributed by atoms with Crippen molar-refractivity contribution in [2.24, 2.45) is 0 Å². The Bertz CT molecular complexity index is 524. The molecule has 0 aromatic heterocycles. The Balaban J connectivity index is 2.64. The normalized spacial score (nSPS) is 11.3. The number of hydrogen-bond acceptors (Lipinski definition) is 5. The van der Waals surface area contributed by atoms with Crippen LogP contribution in [0.25, 0.3) is 0 Å². The van der Waals surface area contributed by atoms with E-state index in [4.69, 9.17) is 5.11 Å². The first-order chi connectivity index (χ1) is 9.49. The van der Waals surface area contributed by atoms with Gasteiger partial charge >= 0.3 is 5.97 Å². The Morgan fingerprint density at radius 2 is 1.90 bits per heavy atom. The van der Waals surface area contributed by atoms with Crippen LogP contribution in [0, 0.1) is 0 Å². The summed E-state index contributed by atoms with van der Waals surface area (Å²) in [7, 11) is -2.24. The minimum Gasteiger partial charge on any atom is -0.469 e. The van der Waals surface area contributed by atoms with Crippen molar-refractivity contribution in [1.82, 2.24) is 4.72 Å². The molecule has 0 aliphatic carbocycles. The molecule has 1 aromatic rings. The Kier molecular flexibility index (Phi) is 6.63.